The summed E-state index contributed by atoms with van der Waals surface area (Å²) >= 11 is 6.56. The van der Waals surface area contributed by atoms with Crippen LogP contribution in [0.2, 0.25) is 5.02 Å². The van der Waals surface area contributed by atoms with Crippen LogP contribution in [0.15, 0.2) is 49.1 Å². The van der Waals surface area contributed by atoms with Gasteiger partial charge >= 0.3 is 0 Å². The molecule has 0 saturated carbocycles. The van der Waals surface area contributed by atoms with Crippen LogP contribution in [0.25, 0.3) is 10.8 Å². The summed E-state index contributed by atoms with van der Waals surface area (Å²) in [4.78, 5) is 18.5. The SMILES string of the molecule is C=CC(=O)N1CCN(c2n[nH]c3c2CCN(c2cccc4cccc(Cl)c24)C3)C[C@@H]1CC#N. The molecule has 3 aromatic rings. The van der Waals surface area contributed by atoms with E-state index in [0.29, 0.717) is 19.6 Å². The molecule has 2 aliphatic heterocycles. The van der Waals surface area contributed by atoms with Crippen molar-refractivity contribution >= 4 is 39.8 Å². The maximum atomic E-state index is 12.2. The van der Waals surface area contributed by atoms with Crippen LogP contribution in [0, 0.1) is 11.3 Å². The molecule has 0 radical (unpaired) electrons. The number of nitriles is 1. The number of halogens is 1. The largest absolute Gasteiger partial charge is 0.365 e. The van der Waals surface area contributed by atoms with Crippen molar-refractivity contribution in [2.45, 2.75) is 25.4 Å². The first-order valence-electron chi connectivity index (χ1n) is 11.1. The lowest BCUT2D eigenvalue weighted by atomic mass is 10.0. The number of hydrogen-bond donors (Lipinski definition) is 1. The zero-order chi connectivity index (χ0) is 22.9. The number of nitrogens with one attached hydrogen (secondary N) is 1. The minimum absolute atomic E-state index is 0.122. The molecule has 0 bridgehead atoms. The fourth-order valence-corrected chi connectivity index (χ4v) is 5.32. The summed E-state index contributed by atoms with van der Waals surface area (Å²) in [5.74, 6) is 0.817. The molecule has 1 saturated heterocycles. The highest BCUT2D eigenvalue weighted by Gasteiger charge is 2.33. The van der Waals surface area contributed by atoms with E-state index in [0.717, 1.165) is 52.5 Å². The highest BCUT2D eigenvalue weighted by atomic mass is 35.5. The molecule has 2 aromatic carbocycles. The summed E-state index contributed by atoms with van der Waals surface area (Å²) < 4.78 is 0. The van der Waals surface area contributed by atoms with Crippen LogP contribution in [0.4, 0.5) is 11.5 Å². The number of rotatable bonds is 4. The van der Waals surface area contributed by atoms with Crippen LogP contribution < -0.4 is 9.80 Å². The Morgan fingerprint density at radius 1 is 1.24 bits per heavy atom. The van der Waals surface area contributed by atoms with Crippen LogP contribution in [0.3, 0.4) is 0 Å². The fraction of sp³-hybridized carbons (Fsp3) is 0.320. The zero-order valence-electron chi connectivity index (χ0n) is 18.3. The van der Waals surface area contributed by atoms with Crippen LogP contribution in [0.5, 0.6) is 0 Å². The molecule has 1 N–H and O–H groups in total. The lowest BCUT2D eigenvalue weighted by molar-refractivity contribution is -0.128. The van der Waals surface area contributed by atoms with E-state index in [1.165, 1.54) is 11.6 Å². The van der Waals surface area contributed by atoms with E-state index in [-0.39, 0.29) is 18.4 Å². The zero-order valence-corrected chi connectivity index (χ0v) is 19.1. The molecule has 3 heterocycles. The van der Waals surface area contributed by atoms with Crippen molar-refractivity contribution in [1.29, 1.82) is 5.26 Å². The van der Waals surface area contributed by atoms with Crippen LogP contribution >= 0.6 is 11.6 Å². The summed E-state index contributed by atoms with van der Waals surface area (Å²) in [5, 5.41) is 20.1. The number of carbonyl (C=O) groups is 1. The van der Waals surface area contributed by atoms with Gasteiger partial charge in [-0.15, -0.1) is 0 Å². The molecule has 2 aliphatic rings. The first kappa shape index (κ1) is 21.4. The summed E-state index contributed by atoms with van der Waals surface area (Å²) in [5.41, 5.74) is 3.45. The summed E-state index contributed by atoms with van der Waals surface area (Å²) in [6.45, 7) is 7.01. The van der Waals surface area contributed by atoms with Crippen LogP contribution in [0.1, 0.15) is 17.7 Å². The van der Waals surface area contributed by atoms with E-state index >= 15 is 0 Å². The Hall–Kier alpha value is -3.50. The molecule has 1 fully saturated rings. The topological polar surface area (TPSA) is 79.3 Å². The third kappa shape index (κ3) is 3.81. The molecule has 1 amide bonds. The van der Waals surface area contributed by atoms with E-state index < -0.39 is 0 Å². The number of H-pyrrole nitrogens is 1. The molecular formula is C25H25ClN6O. The Morgan fingerprint density at radius 2 is 2.06 bits per heavy atom. The minimum Gasteiger partial charge on any atom is -0.365 e. The highest BCUT2D eigenvalue weighted by molar-refractivity contribution is 6.36. The molecule has 8 heteroatoms. The third-order valence-electron chi connectivity index (χ3n) is 6.65. The van der Waals surface area contributed by atoms with E-state index in [1.807, 2.05) is 12.1 Å². The number of carbonyl (C=O) groups excluding carboxylic acids is 1. The lowest BCUT2D eigenvalue weighted by Crippen LogP contribution is -2.55. The molecule has 1 aromatic heterocycles. The molecular weight excluding hydrogens is 436 g/mol. The van der Waals surface area contributed by atoms with Gasteiger partial charge in [-0.1, -0.05) is 42.4 Å². The molecule has 5 rings (SSSR count). The van der Waals surface area contributed by atoms with Crippen LogP contribution in [-0.2, 0) is 17.8 Å². The van der Waals surface area contributed by atoms with Gasteiger partial charge in [-0.3, -0.25) is 9.89 Å². The standard InChI is InChI=1S/C25H25ClN6O/c1-2-23(33)32-14-13-31(15-18(32)9-11-27)25-19-10-12-30(16-21(19)28-29-25)22-8-4-6-17-5-3-7-20(26)24(17)22/h2-8,18H,1,9-10,12-16H2,(H,28,29)/t18-/m0/s1. The molecule has 0 unspecified atom stereocenters. The van der Waals surface area contributed by atoms with Crippen LogP contribution in [-0.4, -0.2) is 53.2 Å². The number of aromatic amines is 1. The van der Waals surface area contributed by atoms with E-state index in [2.05, 4.69) is 56.9 Å². The highest BCUT2D eigenvalue weighted by Crippen LogP contribution is 2.36. The van der Waals surface area contributed by atoms with Crippen molar-refractivity contribution in [3.05, 3.63) is 65.3 Å². The number of anilines is 2. The summed E-state index contributed by atoms with van der Waals surface area (Å²) in [6, 6.07) is 14.3. The van der Waals surface area contributed by atoms with E-state index in [9.17, 15) is 10.1 Å². The number of nitrogens with zero attached hydrogens (tertiary/aromatic N) is 5. The number of fused-ring (bicyclic) bond motifs is 2. The molecule has 0 aliphatic carbocycles. The van der Waals surface area contributed by atoms with Crippen molar-refractivity contribution in [2.75, 3.05) is 36.0 Å². The number of benzene rings is 2. The average molecular weight is 461 g/mol. The first-order chi connectivity index (χ1) is 16.1. The maximum absolute atomic E-state index is 12.2. The normalized spacial score (nSPS) is 18.2. The van der Waals surface area contributed by atoms with Crippen molar-refractivity contribution < 1.29 is 4.79 Å². The Bertz CT molecular complexity index is 1260. The molecule has 0 spiro atoms. The Kier molecular flexibility index (Phi) is 5.69. The monoisotopic (exact) mass is 460 g/mol. The molecule has 7 nitrogen and oxygen atoms in total. The summed E-state index contributed by atoms with van der Waals surface area (Å²) in [7, 11) is 0. The molecule has 1 atom stereocenters. The average Bonchev–Trinajstić information content (AvgIpc) is 3.27. The quantitative estimate of drug-likeness (QED) is 0.597. The predicted molar refractivity (Wildman–Crippen MR) is 130 cm³/mol. The van der Waals surface area contributed by atoms with Gasteiger partial charge in [-0.05, 0) is 30.0 Å². The second-order valence-electron chi connectivity index (χ2n) is 8.49. The van der Waals surface area contributed by atoms with Gasteiger partial charge in [0.2, 0.25) is 5.91 Å². The molecule has 33 heavy (non-hydrogen) atoms. The summed E-state index contributed by atoms with van der Waals surface area (Å²) in [6.07, 6.45) is 2.47. The van der Waals surface area contributed by atoms with Gasteiger partial charge < -0.3 is 14.7 Å². The number of aromatic nitrogens is 2. The fourth-order valence-electron chi connectivity index (χ4n) is 5.04. The number of piperazine rings is 1. The Morgan fingerprint density at radius 3 is 2.85 bits per heavy atom. The maximum Gasteiger partial charge on any atom is 0.246 e. The third-order valence-corrected chi connectivity index (χ3v) is 6.97. The van der Waals surface area contributed by atoms with E-state index in [4.69, 9.17) is 11.6 Å². The number of amides is 1. The van der Waals surface area contributed by atoms with Gasteiger partial charge in [-0.2, -0.15) is 10.4 Å². The number of hydrogen-bond acceptors (Lipinski definition) is 5. The van der Waals surface area contributed by atoms with Gasteiger partial charge in [0.25, 0.3) is 0 Å². The Balaban J connectivity index is 1.39. The van der Waals surface area contributed by atoms with Gasteiger partial charge in [0.05, 0.1) is 35.8 Å². The Labute approximate surface area is 197 Å². The van der Waals surface area contributed by atoms with Gasteiger partial charge in [0, 0.05) is 42.8 Å². The smallest absolute Gasteiger partial charge is 0.246 e. The minimum atomic E-state index is -0.167. The van der Waals surface area contributed by atoms with Crippen molar-refractivity contribution in [3.8, 4) is 6.07 Å². The lowest BCUT2D eigenvalue weighted by Gasteiger charge is -2.41. The van der Waals surface area contributed by atoms with Crippen molar-refractivity contribution in [1.82, 2.24) is 15.1 Å². The van der Waals surface area contributed by atoms with Crippen molar-refractivity contribution in [3.63, 3.8) is 0 Å². The van der Waals surface area contributed by atoms with Gasteiger partial charge in [0.1, 0.15) is 0 Å². The second kappa shape index (κ2) is 8.80. The molecule has 168 valence electrons. The first-order valence-corrected chi connectivity index (χ1v) is 11.5. The predicted octanol–water partition coefficient (Wildman–Crippen LogP) is 3.90. The van der Waals surface area contributed by atoms with E-state index in [1.54, 1.807) is 4.90 Å². The van der Waals surface area contributed by atoms with Crippen molar-refractivity contribution in [2.24, 2.45) is 0 Å². The van der Waals surface area contributed by atoms with Gasteiger partial charge in [0.15, 0.2) is 5.82 Å². The second-order valence-corrected chi connectivity index (χ2v) is 8.90. The van der Waals surface area contributed by atoms with Gasteiger partial charge in [-0.25, -0.2) is 0 Å².